The first-order valence-corrected chi connectivity index (χ1v) is 9.55. The van der Waals surface area contributed by atoms with Crippen LogP contribution in [0.4, 0.5) is 4.79 Å². The molecule has 5 nitrogen and oxygen atoms in total. The van der Waals surface area contributed by atoms with Gasteiger partial charge in [-0.25, -0.2) is 9.69 Å². The molecule has 3 rings (SSSR count). The maximum Gasteiger partial charge on any atom is 0.418 e. The van der Waals surface area contributed by atoms with E-state index in [0.717, 1.165) is 10.5 Å². The first-order valence-electron chi connectivity index (χ1n) is 8.80. The minimum Gasteiger partial charge on any atom is -0.445 e. The molecule has 2 aromatic rings. The van der Waals surface area contributed by atoms with Crippen molar-refractivity contribution < 1.29 is 14.3 Å². The van der Waals surface area contributed by atoms with Crippen LogP contribution in [0.25, 0.3) is 0 Å². The van der Waals surface area contributed by atoms with Gasteiger partial charge in [-0.3, -0.25) is 9.69 Å². The highest BCUT2D eigenvalue weighted by Gasteiger charge is 2.47. The molecule has 1 saturated heterocycles. The zero-order chi connectivity index (χ0) is 20.3. The number of rotatable bonds is 5. The molecule has 1 heterocycles. The second-order valence-electron chi connectivity index (χ2n) is 6.40. The Morgan fingerprint density at radius 3 is 2.46 bits per heavy atom. The second-order valence-corrected chi connectivity index (χ2v) is 7.21. The predicted molar refractivity (Wildman–Crippen MR) is 109 cm³/mol. The van der Waals surface area contributed by atoms with Crippen molar-refractivity contribution in [1.29, 1.82) is 0 Å². The van der Waals surface area contributed by atoms with Crippen LogP contribution in [0.3, 0.4) is 0 Å². The lowest BCUT2D eigenvalue weighted by atomic mass is 10.0. The molecule has 2 amide bonds. The smallest absolute Gasteiger partial charge is 0.418 e. The number of hydrogen-bond acceptors (Lipinski definition) is 4. The molecule has 0 aliphatic carbocycles. The van der Waals surface area contributed by atoms with Crippen LogP contribution in [0.5, 0.6) is 0 Å². The van der Waals surface area contributed by atoms with Crippen molar-refractivity contribution in [2.75, 3.05) is 13.2 Å². The van der Waals surface area contributed by atoms with Gasteiger partial charge in [-0.1, -0.05) is 72.3 Å². The van der Waals surface area contributed by atoms with Gasteiger partial charge in [0.1, 0.15) is 12.8 Å². The summed E-state index contributed by atoms with van der Waals surface area (Å²) in [6, 6.07) is 14.6. The molecule has 1 aliphatic heterocycles. The fraction of sp³-hybridized carbons (Fsp3) is 0.238. The topological polar surface area (TPSA) is 49.9 Å². The lowest BCUT2D eigenvalue weighted by Gasteiger charge is -2.33. The molecule has 0 bridgehead atoms. The Bertz CT molecular complexity index is 868. The highest BCUT2D eigenvalue weighted by Crippen LogP contribution is 2.43. The van der Waals surface area contributed by atoms with Gasteiger partial charge >= 0.3 is 6.09 Å². The van der Waals surface area contributed by atoms with Gasteiger partial charge in [0.25, 0.3) is 0 Å². The van der Waals surface area contributed by atoms with Gasteiger partial charge < -0.3 is 4.74 Å². The normalized spacial score (nSPS) is 18.2. The van der Waals surface area contributed by atoms with E-state index in [9.17, 15) is 9.59 Å². The van der Waals surface area contributed by atoms with Gasteiger partial charge in [0.2, 0.25) is 5.91 Å². The first kappa shape index (κ1) is 20.4. The molecule has 2 atom stereocenters. The van der Waals surface area contributed by atoms with Gasteiger partial charge in [0.15, 0.2) is 0 Å². The van der Waals surface area contributed by atoms with Crippen LogP contribution in [0.15, 0.2) is 61.2 Å². The summed E-state index contributed by atoms with van der Waals surface area (Å²) < 4.78 is 5.15. The minimum absolute atomic E-state index is 0.000172. The number of carbonyl (C=O) groups excluding carboxylic acids is 2. The van der Waals surface area contributed by atoms with Crippen molar-refractivity contribution in [1.82, 2.24) is 9.80 Å². The van der Waals surface area contributed by atoms with E-state index in [-0.39, 0.29) is 25.1 Å². The summed E-state index contributed by atoms with van der Waals surface area (Å²) in [6.07, 6.45) is -0.0878. The quantitative estimate of drug-likeness (QED) is 0.624. The number of hydrogen-bond donors (Lipinski definition) is 0. The van der Waals surface area contributed by atoms with Crippen molar-refractivity contribution in [3.63, 3.8) is 0 Å². The molecule has 2 aromatic carbocycles. The third-order valence-corrected chi connectivity index (χ3v) is 5.36. The minimum atomic E-state index is -0.777. The number of halogens is 2. The number of imide groups is 1. The number of carbonyl (C=O) groups is 2. The summed E-state index contributed by atoms with van der Waals surface area (Å²) >= 11 is 12.9. The summed E-state index contributed by atoms with van der Waals surface area (Å²) in [7, 11) is 0. The average molecular weight is 419 g/mol. The summed E-state index contributed by atoms with van der Waals surface area (Å²) in [5, 5.41) is 0.748. The average Bonchev–Trinajstić information content (AvgIpc) is 3.03. The van der Waals surface area contributed by atoms with Crippen molar-refractivity contribution >= 4 is 35.2 Å². The number of benzene rings is 2. The van der Waals surface area contributed by atoms with Gasteiger partial charge in [-0.05, 0) is 24.6 Å². The lowest BCUT2D eigenvalue weighted by molar-refractivity contribution is -0.126. The van der Waals surface area contributed by atoms with Crippen molar-refractivity contribution in [2.24, 2.45) is 0 Å². The van der Waals surface area contributed by atoms with Crippen LogP contribution in [0.2, 0.25) is 10.0 Å². The Kier molecular flexibility index (Phi) is 6.39. The van der Waals surface area contributed by atoms with Crippen LogP contribution >= 0.6 is 23.2 Å². The van der Waals surface area contributed by atoms with E-state index >= 15 is 0 Å². The third kappa shape index (κ3) is 3.92. The van der Waals surface area contributed by atoms with E-state index in [1.165, 1.54) is 6.08 Å². The van der Waals surface area contributed by atoms with E-state index in [0.29, 0.717) is 15.6 Å². The number of amides is 2. The number of nitrogens with zero attached hydrogens (tertiary/aromatic N) is 2. The largest absolute Gasteiger partial charge is 0.445 e. The SMILES string of the molecule is C=CCOC(=O)N1C(=O)CN([C@H](C)c2ccccc2)[C@H]1c1c(Cl)cccc1Cl. The summed E-state index contributed by atoms with van der Waals surface area (Å²) in [5.41, 5.74) is 1.50. The zero-order valence-electron chi connectivity index (χ0n) is 15.3. The summed E-state index contributed by atoms with van der Waals surface area (Å²) in [6.45, 7) is 5.54. The van der Waals surface area contributed by atoms with Crippen LogP contribution in [-0.4, -0.2) is 35.0 Å². The standard InChI is InChI=1S/C21H20Cl2N2O3/c1-3-12-28-21(27)25-18(26)13-24(14(2)15-8-5-4-6-9-15)20(25)19-16(22)10-7-11-17(19)23/h3-11,14,20H,1,12-13H2,2H3/t14-,20-/m1/s1. The molecule has 1 fully saturated rings. The van der Waals surface area contributed by atoms with Gasteiger partial charge in [-0.15, -0.1) is 0 Å². The van der Waals surface area contributed by atoms with Crippen LogP contribution in [0, 0.1) is 0 Å². The molecule has 1 aliphatic rings. The Balaban J connectivity index is 2.07. The molecule has 0 radical (unpaired) electrons. The summed E-state index contributed by atoms with van der Waals surface area (Å²) in [4.78, 5) is 28.4. The zero-order valence-corrected chi connectivity index (χ0v) is 16.9. The Hall–Kier alpha value is -2.34. The van der Waals surface area contributed by atoms with Crippen molar-refractivity contribution in [3.8, 4) is 0 Å². The van der Waals surface area contributed by atoms with Crippen molar-refractivity contribution in [2.45, 2.75) is 19.1 Å². The van der Waals surface area contributed by atoms with E-state index in [4.69, 9.17) is 27.9 Å². The Morgan fingerprint density at radius 1 is 1.21 bits per heavy atom. The van der Waals surface area contributed by atoms with Crippen molar-refractivity contribution in [3.05, 3.63) is 82.4 Å². The third-order valence-electron chi connectivity index (χ3n) is 4.70. The molecule has 7 heteroatoms. The van der Waals surface area contributed by atoms with E-state index < -0.39 is 12.3 Å². The van der Waals surface area contributed by atoms with Gasteiger partial charge in [0, 0.05) is 21.7 Å². The first-order chi connectivity index (χ1) is 13.5. The molecule has 0 spiro atoms. The lowest BCUT2D eigenvalue weighted by Crippen LogP contribution is -2.38. The van der Waals surface area contributed by atoms with Crippen LogP contribution in [0.1, 0.15) is 30.3 Å². The maximum absolute atomic E-state index is 12.8. The molecule has 28 heavy (non-hydrogen) atoms. The van der Waals surface area contributed by atoms with Crippen LogP contribution in [-0.2, 0) is 9.53 Å². The van der Waals surface area contributed by atoms with Crippen LogP contribution < -0.4 is 0 Å². The Morgan fingerprint density at radius 2 is 1.86 bits per heavy atom. The number of ether oxygens (including phenoxy) is 1. The summed E-state index contributed by atoms with van der Waals surface area (Å²) in [5.74, 6) is -0.377. The molecule has 0 aromatic heterocycles. The predicted octanol–water partition coefficient (Wildman–Crippen LogP) is 5.22. The molecule has 146 valence electrons. The van der Waals surface area contributed by atoms with Gasteiger partial charge in [-0.2, -0.15) is 0 Å². The molecule has 0 N–H and O–H groups in total. The van der Waals surface area contributed by atoms with E-state index in [2.05, 4.69) is 6.58 Å². The highest BCUT2D eigenvalue weighted by molar-refractivity contribution is 6.36. The highest BCUT2D eigenvalue weighted by atomic mass is 35.5. The fourth-order valence-electron chi connectivity index (χ4n) is 3.33. The van der Waals surface area contributed by atoms with E-state index in [1.807, 2.05) is 42.2 Å². The molecule has 0 saturated carbocycles. The molecule has 0 unspecified atom stereocenters. The molecular formula is C21H20Cl2N2O3. The maximum atomic E-state index is 12.8. The monoisotopic (exact) mass is 418 g/mol. The van der Waals surface area contributed by atoms with E-state index in [1.54, 1.807) is 18.2 Å². The fourth-order valence-corrected chi connectivity index (χ4v) is 3.92. The second kappa shape index (κ2) is 8.78. The molecular weight excluding hydrogens is 399 g/mol. The Labute approximate surface area is 174 Å². The van der Waals surface area contributed by atoms with Gasteiger partial charge in [0.05, 0.1) is 6.54 Å².